The first-order chi connectivity index (χ1) is 17.1. The number of morpholine rings is 1. The van der Waals surface area contributed by atoms with Gasteiger partial charge in [0.2, 0.25) is 0 Å². The monoisotopic (exact) mass is 586 g/mol. The number of nitrogens with zero attached hydrogens (tertiary/aromatic N) is 7. The van der Waals surface area contributed by atoms with Crippen LogP contribution in [0.2, 0.25) is 0 Å². The maximum absolute atomic E-state index is 6.56. The molecule has 0 aromatic carbocycles. The lowest BCUT2D eigenvalue weighted by Gasteiger charge is -2.33. The molecule has 10 nitrogen and oxygen atoms in total. The standard InChI is InChI=1S/C24H27IN8O2/c1-31-17(6-9-27-31)16-12-19(24-8-5-15(35-24)13-26-14-24)30-33-21(16)22(25)29-23(33)18-7-10-28-32(18)20-4-2-3-11-34-20/h6-7,9-10,12,15,20,26H,2-5,8,11,13-14H2,1H3. The zero-order chi connectivity index (χ0) is 23.6. The predicted molar refractivity (Wildman–Crippen MR) is 137 cm³/mol. The third-order valence-electron chi connectivity index (χ3n) is 7.49. The molecule has 35 heavy (non-hydrogen) atoms. The summed E-state index contributed by atoms with van der Waals surface area (Å²) in [5.74, 6) is 0.760. The first-order valence-electron chi connectivity index (χ1n) is 12.3. The molecule has 0 amide bonds. The first kappa shape index (κ1) is 21.9. The van der Waals surface area contributed by atoms with Gasteiger partial charge in [0, 0.05) is 44.7 Å². The number of nitrogens with one attached hydrogen (secondary N) is 1. The van der Waals surface area contributed by atoms with Crippen LogP contribution >= 0.6 is 22.6 Å². The summed E-state index contributed by atoms with van der Waals surface area (Å²) >= 11 is 2.31. The highest BCUT2D eigenvalue weighted by Crippen LogP contribution is 2.42. The summed E-state index contributed by atoms with van der Waals surface area (Å²) in [5, 5.41) is 17.8. The van der Waals surface area contributed by atoms with E-state index in [-0.39, 0.29) is 12.3 Å². The Hall–Kier alpha value is -2.35. The third-order valence-corrected chi connectivity index (χ3v) is 8.24. The van der Waals surface area contributed by atoms with Gasteiger partial charge in [-0.05, 0) is 72.9 Å². The molecule has 3 aliphatic rings. The van der Waals surface area contributed by atoms with E-state index in [0.29, 0.717) is 0 Å². The van der Waals surface area contributed by atoms with Gasteiger partial charge in [-0.1, -0.05) is 0 Å². The van der Waals surface area contributed by atoms with Crippen molar-refractivity contribution < 1.29 is 9.47 Å². The van der Waals surface area contributed by atoms with Crippen LogP contribution in [-0.2, 0) is 22.1 Å². The summed E-state index contributed by atoms with van der Waals surface area (Å²) in [6.07, 6.45) is 8.94. The molecular formula is C24H27IN8O2. The van der Waals surface area contributed by atoms with Gasteiger partial charge in [-0.2, -0.15) is 15.3 Å². The summed E-state index contributed by atoms with van der Waals surface area (Å²) in [6, 6.07) is 6.22. The van der Waals surface area contributed by atoms with Crippen molar-refractivity contribution in [2.24, 2.45) is 7.05 Å². The van der Waals surface area contributed by atoms with Crippen molar-refractivity contribution in [3.63, 3.8) is 0 Å². The maximum atomic E-state index is 6.56. The highest BCUT2D eigenvalue weighted by molar-refractivity contribution is 14.1. The first-order valence-corrected chi connectivity index (χ1v) is 13.3. The molecule has 11 heteroatoms. The fourth-order valence-electron chi connectivity index (χ4n) is 5.73. The quantitative estimate of drug-likeness (QED) is 0.367. The van der Waals surface area contributed by atoms with Crippen molar-refractivity contribution in [2.45, 2.75) is 50.0 Å². The average molecular weight is 586 g/mol. The number of rotatable bonds is 4. The van der Waals surface area contributed by atoms with Gasteiger partial charge in [-0.15, -0.1) is 0 Å². The van der Waals surface area contributed by atoms with E-state index in [2.05, 4.69) is 44.2 Å². The molecule has 7 heterocycles. The molecule has 3 fully saturated rings. The molecule has 4 aromatic rings. The van der Waals surface area contributed by atoms with Crippen molar-refractivity contribution in [3.8, 4) is 22.8 Å². The van der Waals surface area contributed by atoms with E-state index in [1.165, 1.54) is 0 Å². The van der Waals surface area contributed by atoms with Crippen LogP contribution in [0.15, 0.2) is 30.6 Å². The molecule has 0 spiro atoms. The number of halogens is 1. The minimum Gasteiger partial charge on any atom is -0.363 e. The Morgan fingerprint density at radius 3 is 2.86 bits per heavy atom. The lowest BCUT2D eigenvalue weighted by atomic mass is 9.94. The second-order valence-electron chi connectivity index (χ2n) is 9.66. The molecule has 3 aliphatic heterocycles. The summed E-state index contributed by atoms with van der Waals surface area (Å²) in [5.41, 5.74) is 4.40. The van der Waals surface area contributed by atoms with Crippen LogP contribution < -0.4 is 5.32 Å². The number of ether oxygens (including phenoxy) is 2. The second-order valence-corrected chi connectivity index (χ2v) is 10.7. The summed E-state index contributed by atoms with van der Waals surface area (Å²) in [7, 11) is 1.97. The van der Waals surface area contributed by atoms with E-state index >= 15 is 0 Å². The van der Waals surface area contributed by atoms with Crippen LogP contribution in [0.25, 0.3) is 28.3 Å². The molecule has 0 aliphatic carbocycles. The SMILES string of the molecule is Cn1nccc1-c1cc(C23CCC(CNC2)O3)nn2c(-c3ccnn3C3CCCCO3)nc(I)c12. The van der Waals surface area contributed by atoms with Crippen LogP contribution in [0.4, 0.5) is 0 Å². The van der Waals surface area contributed by atoms with Crippen LogP contribution in [0.5, 0.6) is 0 Å². The van der Waals surface area contributed by atoms with Gasteiger partial charge in [0.05, 0.1) is 17.5 Å². The number of aromatic nitrogens is 7. The highest BCUT2D eigenvalue weighted by atomic mass is 127. The van der Waals surface area contributed by atoms with E-state index in [1.54, 1.807) is 0 Å². The Morgan fingerprint density at radius 1 is 1.14 bits per heavy atom. The number of hydrogen-bond acceptors (Lipinski definition) is 7. The van der Waals surface area contributed by atoms with Crippen LogP contribution in [-0.4, -0.2) is 60.0 Å². The van der Waals surface area contributed by atoms with Gasteiger partial charge in [-0.3, -0.25) is 4.68 Å². The van der Waals surface area contributed by atoms with Gasteiger partial charge >= 0.3 is 0 Å². The van der Waals surface area contributed by atoms with Gasteiger partial charge in [-0.25, -0.2) is 14.2 Å². The normalized spacial score (nSPS) is 26.6. The molecule has 4 aromatic heterocycles. The largest absolute Gasteiger partial charge is 0.363 e. The Bertz CT molecular complexity index is 1400. The molecule has 182 valence electrons. The van der Waals surface area contributed by atoms with Crippen molar-refractivity contribution >= 4 is 28.1 Å². The fourth-order valence-corrected chi connectivity index (χ4v) is 6.48. The van der Waals surface area contributed by atoms with E-state index in [9.17, 15) is 0 Å². The lowest BCUT2D eigenvalue weighted by Crippen LogP contribution is -2.46. The van der Waals surface area contributed by atoms with Crippen LogP contribution in [0.3, 0.4) is 0 Å². The Kier molecular flexibility index (Phi) is 5.23. The fraction of sp³-hybridized carbons (Fsp3) is 0.500. The Morgan fingerprint density at radius 2 is 2.03 bits per heavy atom. The van der Waals surface area contributed by atoms with Gasteiger partial charge < -0.3 is 14.8 Å². The number of aryl methyl sites for hydroxylation is 1. The highest BCUT2D eigenvalue weighted by Gasteiger charge is 2.46. The van der Waals surface area contributed by atoms with Crippen molar-refractivity contribution in [1.82, 2.24) is 39.5 Å². The zero-order valence-electron chi connectivity index (χ0n) is 19.5. The van der Waals surface area contributed by atoms with Crippen molar-refractivity contribution in [1.29, 1.82) is 0 Å². The minimum atomic E-state index is -0.440. The van der Waals surface area contributed by atoms with Gasteiger partial charge in [0.1, 0.15) is 20.5 Å². The molecule has 3 unspecified atom stereocenters. The van der Waals surface area contributed by atoms with Crippen LogP contribution in [0.1, 0.15) is 44.0 Å². The summed E-state index contributed by atoms with van der Waals surface area (Å²) in [6.45, 7) is 2.40. The molecule has 3 atom stereocenters. The Labute approximate surface area is 216 Å². The summed E-state index contributed by atoms with van der Waals surface area (Å²) in [4.78, 5) is 5.02. The smallest absolute Gasteiger partial charge is 0.180 e. The average Bonchev–Trinajstić information content (AvgIpc) is 3.66. The molecule has 3 saturated heterocycles. The maximum Gasteiger partial charge on any atom is 0.180 e. The molecule has 7 rings (SSSR count). The van der Waals surface area contributed by atoms with Crippen molar-refractivity contribution in [2.75, 3.05) is 19.7 Å². The number of imidazole rings is 1. The second kappa shape index (κ2) is 8.36. The molecule has 0 radical (unpaired) electrons. The predicted octanol–water partition coefficient (Wildman–Crippen LogP) is 3.27. The van der Waals surface area contributed by atoms with Gasteiger partial charge in [0.25, 0.3) is 0 Å². The van der Waals surface area contributed by atoms with E-state index in [0.717, 1.165) is 89.5 Å². The molecule has 1 N–H and O–H groups in total. The minimum absolute atomic E-state index is 0.0847. The Balaban J connectivity index is 1.46. The third kappa shape index (κ3) is 3.46. The van der Waals surface area contributed by atoms with Crippen LogP contribution in [0, 0.1) is 3.70 Å². The van der Waals surface area contributed by atoms with E-state index in [4.69, 9.17) is 19.6 Å². The topological polar surface area (TPSA) is 96.3 Å². The molecule has 2 bridgehead atoms. The molecule has 0 saturated carbocycles. The number of hydrogen-bond donors (Lipinski definition) is 1. The lowest BCUT2D eigenvalue weighted by molar-refractivity contribution is -0.0717. The van der Waals surface area contributed by atoms with Crippen molar-refractivity contribution in [3.05, 3.63) is 40.0 Å². The summed E-state index contributed by atoms with van der Waals surface area (Å²) < 4.78 is 19.3. The van der Waals surface area contributed by atoms with Gasteiger partial charge in [0.15, 0.2) is 12.1 Å². The molecular weight excluding hydrogens is 559 g/mol. The zero-order valence-corrected chi connectivity index (χ0v) is 21.7. The van der Waals surface area contributed by atoms with E-state index < -0.39 is 5.60 Å². The van der Waals surface area contributed by atoms with E-state index in [1.807, 2.05) is 45.5 Å². The number of fused-ring (bicyclic) bond motifs is 3.